The van der Waals surface area contributed by atoms with Gasteiger partial charge in [-0.2, -0.15) is 0 Å². The minimum absolute atomic E-state index is 0.183. The Morgan fingerprint density at radius 2 is 2.00 bits per heavy atom. The monoisotopic (exact) mass is 183 g/mol. The van der Waals surface area contributed by atoms with Crippen LogP contribution in [-0.2, 0) is 0 Å². The van der Waals surface area contributed by atoms with Gasteiger partial charge in [-0.3, -0.25) is 4.79 Å². The van der Waals surface area contributed by atoms with Crippen molar-refractivity contribution in [1.82, 2.24) is 4.90 Å². The fourth-order valence-corrected chi connectivity index (χ4v) is 1.08. The van der Waals surface area contributed by atoms with Crippen molar-refractivity contribution in [3.8, 4) is 0 Å². The predicted molar refractivity (Wildman–Crippen MR) is 42.3 cm³/mol. The van der Waals surface area contributed by atoms with Gasteiger partial charge in [-0.05, 0) is 18.2 Å². The summed E-state index contributed by atoms with van der Waals surface area (Å²) in [6, 6.07) is 2.89. The second-order valence-electron chi connectivity index (χ2n) is 2.92. The minimum Gasteiger partial charge on any atom is -0.335 e. The topological polar surface area (TPSA) is 20.1 Å². The minimum atomic E-state index is -0.668. The van der Waals surface area contributed by atoms with Crippen LogP contribution in [0, 0.1) is 11.6 Å². The number of amides is 1. The van der Waals surface area contributed by atoms with Gasteiger partial charge < -0.3 is 4.90 Å². The molecule has 0 N–H and O–H groups in total. The molecule has 1 aliphatic rings. The standard InChI is InChI=1S/C9H7F2NO/c10-6-1-2-8(11)7(5-6)9(13)12-3-4-12/h1-2,5H,3-4H2. The molecule has 1 fully saturated rings. The van der Waals surface area contributed by atoms with Gasteiger partial charge in [0.05, 0.1) is 5.56 Å². The highest BCUT2D eigenvalue weighted by Crippen LogP contribution is 2.16. The highest BCUT2D eigenvalue weighted by Gasteiger charge is 2.27. The lowest BCUT2D eigenvalue weighted by Crippen LogP contribution is -2.12. The molecule has 13 heavy (non-hydrogen) atoms. The van der Waals surface area contributed by atoms with E-state index in [0.717, 1.165) is 18.2 Å². The average Bonchev–Trinajstić information content (AvgIpc) is 2.91. The number of hydrogen-bond donors (Lipinski definition) is 0. The van der Waals surface area contributed by atoms with E-state index >= 15 is 0 Å². The van der Waals surface area contributed by atoms with Crippen LogP contribution in [0.15, 0.2) is 18.2 Å². The van der Waals surface area contributed by atoms with Gasteiger partial charge in [0, 0.05) is 13.1 Å². The summed E-state index contributed by atoms with van der Waals surface area (Å²) in [5.41, 5.74) is -0.183. The molecule has 0 saturated carbocycles. The van der Waals surface area contributed by atoms with Gasteiger partial charge in [-0.1, -0.05) is 0 Å². The van der Waals surface area contributed by atoms with Gasteiger partial charge in [-0.25, -0.2) is 8.78 Å². The molecule has 1 aromatic carbocycles. The molecule has 0 radical (unpaired) electrons. The van der Waals surface area contributed by atoms with E-state index in [-0.39, 0.29) is 5.56 Å². The molecule has 0 bridgehead atoms. The van der Waals surface area contributed by atoms with E-state index < -0.39 is 17.5 Å². The van der Waals surface area contributed by atoms with Gasteiger partial charge >= 0.3 is 0 Å². The number of halogens is 2. The fourth-order valence-electron chi connectivity index (χ4n) is 1.08. The zero-order chi connectivity index (χ0) is 9.42. The number of rotatable bonds is 1. The van der Waals surface area contributed by atoms with Gasteiger partial charge in [-0.15, -0.1) is 0 Å². The van der Waals surface area contributed by atoms with Crippen LogP contribution in [0.3, 0.4) is 0 Å². The van der Waals surface area contributed by atoms with Gasteiger partial charge in [0.1, 0.15) is 11.6 Å². The van der Waals surface area contributed by atoms with E-state index in [9.17, 15) is 13.6 Å². The molecule has 0 aliphatic carbocycles. The normalized spacial score (nSPS) is 14.5. The molecule has 2 nitrogen and oxygen atoms in total. The Labute approximate surface area is 73.8 Å². The summed E-state index contributed by atoms with van der Waals surface area (Å²) in [6.07, 6.45) is 0. The molecular formula is C9H7F2NO. The molecule has 4 heteroatoms. The molecule has 2 rings (SSSR count). The summed E-state index contributed by atoms with van der Waals surface area (Å²) in [4.78, 5) is 12.7. The van der Waals surface area contributed by atoms with E-state index in [2.05, 4.69) is 0 Å². The van der Waals surface area contributed by atoms with Crippen molar-refractivity contribution in [3.63, 3.8) is 0 Å². The summed E-state index contributed by atoms with van der Waals surface area (Å²) >= 11 is 0. The zero-order valence-corrected chi connectivity index (χ0v) is 6.76. The largest absolute Gasteiger partial charge is 0.335 e. The van der Waals surface area contributed by atoms with Crippen LogP contribution in [0.5, 0.6) is 0 Å². The average molecular weight is 183 g/mol. The highest BCUT2D eigenvalue weighted by molar-refractivity contribution is 5.95. The summed E-state index contributed by atoms with van der Waals surface area (Å²) in [5.74, 6) is -1.69. The molecule has 0 atom stereocenters. The molecule has 0 spiro atoms. The second-order valence-corrected chi connectivity index (χ2v) is 2.92. The first kappa shape index (κ1) is 8.16. The molecule has 68 valence electrons. The summed E-state index contributed by atoms with van der Waals surface area (Å²) in [6.45, 7) is 1.27. The van der Waals surface area contributed by atoms with Crippen LogP contribution in [0.25, 0.3) is 0 Å². The summed E-state index contributed by atoms with van der Waals surface area (Å²) in [5, 5.41) is 0. The van der Waals surface area contributed by atoms with Crippen LogP contribution in [-0.4, -0.2) is 23.9 Å². The van der Waals surface area contributed by atoms with Crippen molar-refractivity contribution < 1.29 is 13.6 Å². The molecule has 0 unspecified atom stereocenters. The van der Waals surface area contributed by atoms with E-state index in [1.165, 1.54) is 4.90 Å². The van der Waals surface area contributed by atoms with Crippen LogP contribution >= 0.6 is 0 Å². The first-order valence-electron chi connectivity index (χ1n) is 3.93. The Bertz CT molecular complexity index is 361. The van der Waals surface area contributed by atoms with Crippen molar-refractivity contribution in [3.05, 3.63) is 35.4 Å². The number of carbonyl (C=O) groups is 1. The highest BCUT2D eigenvalue weighted by atomic mass is 19.1. The Hall–Kier alpha value is -1.45. The van der Waals surface area contributed by atoms with Crippen LogP contribution < -0.4 is 0 Å². The summed E-state index contributed by atoms with van der Waals surface area (Å²) < 4.78 is 25.6. The Balaban J connectivity index is 2.37. The van der Waals surface area contributed by atoms with E-state index in [4.69, 9.17) is 0 Å². The fraction of sp³-hybridized carbons (Fsp3) is 0.222. The van der Waals surface area contributed by atoms with Gasteiger partial charge in [0.25, 0.3) is 5.91 Å². The lowest BCUT2D eigenvalue weighted by molar-refractivity contribution is 0.0880. The van der Waals surface area contributed by atoms with Gasteiger partial charge in [0.2, 0.25) is 0 Å². The summed E-state index contributed by atoms with van der Waals surface area (Å²) in [7, 11) is 0. The molecule has 1 aromatic rings. The number of hydrogen-bond acceptors (Lipinski definition) is 1. The number of carbonyl (C=O) groups excluding carboxylic acids is 1. The third-order valence-electron chi connectivity index (χ3n) is 1.89. The van der Waals surface area contributed by atoms with Crippen LogP contribution in [0.4, 0.5) is 8.78 Å². The second kappa shape index (κ2) is 2.80. The third kappa shape index (κ3) is 1.52. The number of benzene rings is 1. The van der Waals surface area contributed by atoms with Crippen molar-refractivity contribution >= 4 is 5.91 Å². The predicted octanol–water partition coefficient (Wildman–Crippen LogP) is 1.42. The molecule has 1 heterocycles. The van der Waals surface area contributed by atoms with E-state index in [0.29, 0.717) is 13.1 Å². The molecule has 0 aromatic heterocycles. The van der Waals surface area contributed by atoms with Crippen molar-refractivity contribution in [2.24, 2.45) is 0 Å². The Morgan fingerprint density at radius 1 is 1.31 bits per heavy atom. The lowest BCUT2D eigenvalue weighted by atomic mass is 10.2. The van der Waals surface area contributed by atoms with E-state index in [1.807, 2.05) is 0 Å². The van der Waals surface area contributed by atoms with Crippen LogP contribution in [0.2, 0.25) is 0 Å². The maximum Gasteiger partial charge on any atom is 0.257 e. The van der Waals surface area contributed by atoms with Gasteiger partial charge in [0.15, 0.2) is 0 Å². The Kier molecular flexibility index (Phi) is 1.76. The molecule has 1 aliphatic heterocycles. The third-order valence-corrected chi connectivity index (χ3v) is 1.89. The Morgan fingerprint density at radius 3 is 2.62 bits per heavy atom. The first-order valence-corrected chi connectivity index (χ1v) is 3.93. The number of nitrogens with zero attached hydrogens (tertiary/aromatic N) is 1. The van der Waals surface area contributed by atoms with Crippen molar-refractivity contribution in [2.45, 2.75) is 0 Å². The SMILES string of the molecule is O=C(c1cc(F)ccc1F)N1CC1. The van der Waals surface area contributed by atoms with Crippen molar-refractivity contribution in [2.75, 3.05) is 13.1 Å². The first-order chi connectivity index (χ1) is 6.18. The van der Waals surface area contributed by atoms with Crippen molar-refractivity contribution in [1.29, 1.82) is 0 Å². The molecule has 1 amide bonds. The molecule has 1 saturated heterocycles. The zero-order valence-electron chi connectivity index (χ0n) is 6.76. The maximum absolute atomic E-state index is 13.0. The maximum atomic E-state index is 13.0. The lowest BCUT2D eigenvalue weighted by Gasteiger charge is -2.02. The molecular weight excluding hydrogens is 176 g/mol. The van der Waals surface area contributed by atoms with Crippen LogP contribution in [0.1, 0.15) is 10.4 Å². The quantitative estimate of drug-likeness (QED) is 0.603. The van der Waals surface area contributed by atoms with E-state index in [1.54, 1.807) is 0 Å². The smallest absolute Gasteiger partial charge is 0.257 e.